The SMILES string of the molecule is CC(NC1CCS(=O)(=O)C1)c1ccccc1O. The van der Waals surface area contributed by atoms with Gasteiger partial charge in [-0.15, -0.1) is 0 Å². The van der Waals surface area contributed by atoms with Gasteiger partial charge >= 0.3 is 0 Å². The van der Waals surface area contributed by atoms with Crippen molar-refractivity contribution in [3.63, 3.8) is 0 Å². The topological polar surface area (TPSA) is 66.4 Å². The lowest BCUT2D eigenvalue weighted by Gasteiger charge is -2.19. The van der Waals surface area contributed by atoms with Gasteiger partial charge in [0.25, 0.3) is 0 Å². The Morgan fingerprint density at radius 3 is 2.71 bits per heavy atom. The Morgan fingerprint density at radius 1 is 1.41 bits per heavy atom. The van der Waals surface area contributed by atoms with Gasteiger partial charge in [0.2, 0.25) is 0 Å². The van der Waals surface area contributed by atoms with Gasteiger partial charge in [0, 0.05) is 17.6 Å². The minimum Gasteiger partial charge on any atom is -0.508 e. The maximum absolute atomic E-state index is 11.3. The van der Waals surface area contributed by atoms with Gasteiger partial charge < -0.3 is 10.4 Å². The quantitative estimate of drug-likeness (QED) is 0.852. The molecular formula is C12H17NO3S. The Hall–Kier alpha value is -1.07. The van der Waals surface area contributed by atoms with Crippen LogP contribution in [0.15, 0.2) is 24.3 Å². The van der Waals surface area contributed by atoms with Crippen LogP contribution >= 0.6 is 0 Å². The molecule has 0 amide bonds. The zero-order chi connectivity index (χ0) is 12.5. The molecule has 0 spiro atoms. The second-order valence-corrected chi connectivity index (χ2v) is 6.78. The maximum Gasteiger partial charge on any atom is 0.151 e. The fourth-order valence-electron chi connectivity index (χ4n) is 2.22. The first-order valence-corrected chi connectivity index (χ1v) is 7.54. The molecule has 2 atom stereocenters. The third kappa shape index (κ3) is 2.98. The van der Waals surface area contributed by atoms with Crippen LogP contribution in [0, 0.1) is 0 Å². The van der Waals surface area contributed by atoms with Crippen LogP contribution in [0.5, 0.6) is 5.75 Å². The van der Waals surface area contributed by atoms with Crippen molar-refractivity contribution in [1.29, 1.82) is 0 Å². The van der Waals surface area contributed by atoms with Gasteiger partial charge in [-0.3, -0.25) is 0 Å². The number of nitrogens with one attached hydrogen (secondary N) is 1. The summed E-state index contributed by atoms with van der Waals surface area (Å²) >= 11 is 0. The van der Waals surface area contributed by atoms with E-state index in [1.807, 2.05) is 19.1 Å². The summed E-state index contributed by atoms with van der Waals surface area (Å²) in [5.41, 5.74) is 0.803. The van der Waals surface area contributed by atoms with Crippen molar-refractivity contribution in [1.82, 2.24) is 5.32 Å². The molecule has 1 heterocycles. The molecule has 1 aromatic carbocycles. The van der Waals surface area contributed by atoms with Crippen molar-refractivity contribution in [3.8, 4) is 5.75 Å². The molecule has 2 unspecified atom stereocenters. The average molecular weight is 255 g/mol. The highest BCUT2D eigenvalue weighted by molar-refractivity contribution is 7.91. The van der Waals surface area contributed by atoms with Gasteiger partial charge in [-0.25, -0.2) is 8.42 Å². The Balaban J connectivity index is 2.03. The standard InChI is InChI=1S/C12H17NO3S/c1-9(11-4-2-3-5-12(11)14)13-10-6-7-17(15,16)8-10/h2-5,9-10,13-14H,6-8H2,1H3. The van der Waals surface area contributed by atoms with Crippen molar-refractivity contribution in [2.75, 3.05) is 11.5 Å². The summed E-state index contributed by atoms with van der Waals surface area (Å²) in [5.74, 6) is 0.705. The van der Waals surface area contributed by atoms with Crippen LogP contribution in [0.2, 0.25) is 0 Å². The van der Waals surface area contributed by atoms with Gasteiger partial charge in [-0.1, -0.05) is 18.2 Å². The average Bonchev–Trinajstić information content (AvgIpc) is 2.58. The van der Waals surface area contributed by atoms with Gasteiger partial charge in [0.1, 0.15) is 5.75 Å². The summed E-state index contributed by atoms with van der Waals surface area (Å²) in [5, 5.41) is 13.0. The van der Waals surface area contributed by atoms with Gasteiger partial charge in [0.15, 0.2) is 9.84 Å². The fourth-order valence-corrected chi connectivity index (χ4v) is 3.91. The van der Waals surface area contributed by atoms with E-state index in [9.17, 15) is 13.5 Å². The number of sulfone groups is 1. The lowest BCUT2D eigenvalue weighted by atomic mass is 10.1. The third-order valence-electron chi connectivity index (χ3n) is 3.12. The zero-order valence-electron chi connectivity index (χ0n) is 9.76. The molecule has 1 aliphatic heterocycles. The molecule has 1 fully saturated rings. The largest absolute Gasteiger partial charge is 0.508 e. The van der Waals surface area contributed by atoms with E-state index in [0.717, 1.165) is 5.56 Å². The van der Waals surface area contributed by atoms with E-state index in [2.05, 4.69) is 5.32 Å². The van der Waals surface area contributed by atoms with Crippen LogP contribution in [0.25, 0.3) is 0 Å². The van der Waals surface area contributed by atoms with E-state index >= 15 is 0 Å². The number of rotatable bonds is 3. The Morgan fingerprint density at radius 2 is 2.12 bits per heavy atom. The Labute approximate surface area is 102 Å². The van der Waals surface area contributed by atoms with Crippen LogP contribution < -0.4 is 5.32 Å². The molecule has 0 radical (unpaired) electrons. The highest BCUT2D eigenvalue weighted by Gasteiger charge is 2.29. The van der Waals surface area contributed by atoms with E-state index in [1.54, 1.807) is 12.1 Å². The van der Waals surface area contributed by atoms with E-state index in [-0.39, 0.29) is 29.3 Å². The summed E-state index contributed by atoms with van der Waals surface area (Å²) in [6.07, 6.45) is 0.653. The van der Waals surface area contributed by atoms with Gasteiger partial charge in [-0.2, -0.15) is 0 Å². The van der Waals surface area contributed by atoms with Crippen molar-refractivity contribution in [2.24, 2.45) is 0 Å². The van der Waals surface area contributed by atoms with Crippen LogP contribution in [-0.2, 0) is 9.84 Å². The van der Waals surface area contributed by atoms with Gasteiger partial charge in [-0.05, 0) is 19.4 Å². The lowest BCUT2D eigenvalue weighted by molar-refractivity contribution is 0.436. The number of benzene rings is 1. The monoisotopic (exact) mass is 255 g/mol. The molecule has 0 saturated carbocycles. The smallest absolute Gasteiger partial charge is 0.151 e. The molecule has 0 aromatic heterocycles. The van der Waals surface area contributed by atoms with Crippen molar-refractivity contribution < 1.29 is 13.5 Å². The van der Waals surface area contributed by atoms with Crippen molar-refractivity contribution >= 4 is 9.84 Å². The van der Waals surface area contributed by atoms with Crippen LogP contribution in [0.1, 0.15) is 24.9 Å². The molecule has 2 rings (SSSR count). The highest BCUT2D eigenvalue weighted by Crippen LogP contribution is 2.24. The first kappa shape index (κ1) is 12.4. The van der Waals surface area contributed by atoms with E-state index in [0.29, 0.717) is 6.42 Å². The maximum atomic E-state index is 11.3. The van der Waals surface area contributed by atoms with Crippen LogP contribution in [0.3, 0.4) is 0 Å². The summed E-state index contributed by atoms with van der Waals surface area (Å²) < 4.78 is 22.7. The van der Waals surface area contributed by atoms with Gasteiger partial charge in [0.05, 0.1) is 11.5 Å². The minimum absolute atomic E-state index is 0.00499. The molecular weight excluding hydrogens is 238 g/mol. The minimum atomic E-state index is -2.86. The van der Waals surface area contributed by atoms with Crippen molar-refractivity contribution in [3.05, 3.63) is 29.8 Å². The number of hydrogen-bond donors (Lipinski definition) is 2. The molecule has 1 saturated heterocycles. The number of phenols is 1. The molecule has 1 aliphatic rings. The first-order valence-electron chi connectivity index (χ1n) is 5.72. The summed E-state index contributed by atoms with van der Waals surface area (Å²) in [6, 6.07) is 7.06. The normalized spacial score (nSPS) is 24.6. The van der Waals surface area contributed by atoms with E-state index < -0.39 is 9.84 Å². The van der Waals surface area contributed by atoms with E-state index in [1.165, 1.54) is 0 Å². The molecule has 2 N–H and O–H groups in total. The number of phenolic OH excluding ortho intramolecular Hbond substituents is 1. The Bertz CT molecular complexity index is 498. The number of aromatic hydroxyl groups is 1. The molecule has 94 valence electrons. The van der Waals surface area contributed by atoms with Crippen molar-refractivity contribution in [2.45, 2.75) is 25.4 Å². The number of hydrogen-bond acceptors (Lipinski definition) is 4. The molecule has 0 aliphatic carbocycles. The molecule has 4 nitrogen and oxygen atoms in total. The second-order valence-electron chi connectivity index (χ2n) is 4.55. The van der Waals surface area contributed by atoms with E-state index in [4.69, 9.17) is 0 Å². The summed E-state index contributed by atoms with van der Waals surface area (Å²) in [7, 11) is -2.86. The third-order valence-corrected chi connectivity index (χ3v) is 4.89. The zero-order valence-corrected chi connectivity index (χ0v) is 10.6. The lowest BCUT2D eigenvalue weighted by Crippen LogP contribution is -2.32. The number of para-hydroxylation sites is 1. The second kappa shape index (κ2) is 4.66. The molecule has 5 heteroatoms. The molecule has 1 aromatic rings. The first-order chi connectivity index (χ1) is 7.98. The molecule has 17 heavy (non-hydrogen) atoms. The summed E-state index contributed by atoms with van der Waals surface area (Å²) in [4.78, 5) is 0. The Kier molecular flexibility index (Phi) is 3.40. The highest BCUT2D eigenvalue weighted by atomic mass is 32.2. The fraction of sp³-hybridized carbons (Fsp3) is 0.500. The molecule has 0 bridgehead atoms. The van der Waals surface area contributed by atoms with Crippen LogP contribution in [-0.4, -0.2) is 31.1 Å². The van der Waals surface area contributed by atoms with Crippen LogP contribution in [0.4, 0.5) is 0 Å². The summed E-state index contributed by atoms with van der Waals surface area (Å²) in [6.45, 7) is 1.93. The predicted molar refractivity (Wildman–Crippen MR) is 66.7 cm³/mol. The predicted octanol–water partition coefficient (Wildman–Crippen LogP) is 1.23.